The van der Waals surface area contributed by atoms with Gasteiger partial charge in [0.15, 0.2) is 5.82 Å². The van der Waals surface area contributed by atoms with Crippen molar-refractivity contribution in [2.75, 3.05) is 37.5 Å². The number of anilines is 2. The highest BCUT2D eigenvalue weighted by Crippen LogP contribution is 2.30. The number of benzene rings is 2. The Labute approximate surface area is 192 Å². The van der Waals surface area contributed by atoms with Gasteiger partial charge in [0.05, 0.1) is 24.9 Å². The van der Waals surface area contributed by atoms with Crippen molar-refractivity contribution in [3.05, 3.63) is 59.6 Å². The molecule has 2 heterocycles. The number of carbonyl (C=O) groups is 1. The fourth-order valence-corrected chi connectivity index (χ4v) is 4.11. The van der Waals surface area contributed by atoms with Crippen LogP contribution in [0.4, 0.5) is 11.5 Å². The van der Waals surface area contributed by atoms with Crippen molar-refractivity contribution in [2.45, 2.75) is 12.8 Å². The van der Waals surface area contributed by atoms with E-state index in [0.29, 0.717) is 16.5 Å². The van der Waals surface area contributed by atoms with Gasteiger partial charge in [-0.1, -0.05) is 23.7 Å². The molecule has 2 aromatic carbocycles. The van der Waals surface area contributed by atoms with Gasteiger partial charge in [0, 0.05) is 30.3 Å². The lowest BCUT2D eigenvalue weighted by Gasteiger charge is -2.31. The summed E-state index contributed by atoms with van der Waals surface area (Å²) in [6.45, 7) is 1.48. The number of rotatable bonds is 6. The Morgan fingerprint density at radius 1 is 1.00 bits per heavy atom. The highest BCUT2D eigenvalue weighted by Gasteiger charge is 2.26. The first kappa shape index (κ1) is 21.9. The summed E-state index contributed by atoms with van der Waals surface area (Å²) in [6.07, 6.45) is 1.48. The summed E-state index contributed by atoms with van der Waals surface area (Å²) in [5, 5.41) is 12.2. The quantitative estimate of drug-likeness (QED) is 0.585. The van der Waals surface area contributed by atoms with Crippen LogP contribution in [0.2, 0.25) is 5.02 Å². The zero-order valence-corrected chi connectivity index (χ0v) is 18.8. The van der Waals surface area contributed by atoms with E-state index in [9.17, 15) is 4.79 Å². The summed E-state index contributed by atoms with van der Waals surface area (Å²) in [4.78, 5) is 14.9. The van der Waals surface area contributed by atoms with E-state index in [1.54, 1.807) is 32.4 Å². The number of nitrogens with one attached hydrogen (secondary N) is 1. The molecule has 1 saturated heterocycles. The smallest absolute Gasteiger partial charge is 0.227 e. The van der Waals surface area contributed by atoms with E-state index >= 15 is 0 Å². The van der Waals surface area contributed by atoms with Crippen molar-refractivity contribution in [3.8, 4) is 22.8 Å². The summed E-state index contributed by atoms with van der Waals surface area (Å²) in [5.74, 6) is 2.09. The van der Waals surface area contributed by atoms with Gasteiger partial charge in [-0.3, -0.25) is 4.79 Å². The minimum Gasteiger partial charge on any atom is -0.496 e. The van der Waals surface area contributed by atoms with Crippen molar-refractivity contribution in [2.24, 2.45) is 5.92 Å². The van der Waals surface area contributed by atoms with Crippen LogP contribution < -0.4 is 19.7 Å². The van der Waals surface area contributed by atoms with Gasteiger partial charge in [0.2, 0.25) is 5.91 Å². The number of amides is 1. The van der Waals surface area contributed by atoms with E-state index in [1.807, 2.05) is 36.4 Å². The molecule has 1 amide bonds. The number of hydrogen-bond acceptors (Lipinski definition) is 6. The number of piperidine rings is 1. The Balaban J connectivity index is 1.35. The van der Waals surface area contributed by atoms with Crippen LogP contribution in [0.25, 0.3) is 11.3 Å². The lowest BCUT2D eigenvalue weighted by molar-refractivity contribution is -0.120. The average molecular weight is 453 g/mol. The van der Waals surface area contributed by atoms with E-state index in [0.717, 1.165) is 48.8 Å². The first-order chi connectivity index (χ1) is 15.6. The molecule has 1 aliphatic heterocycles. The summed E-state index contributed by atoms with van der Waals surface area (Å²) < 4.78 is 10.6. The molecule has 32 heavy (non-hydrogen) atoms. The van der Waals surface area contributed by atoms with Gasteiger partial charge in [0.1, 0.15) is 11.5 Å². The van der Waals surface area contributed by atoms with Crippen molar-refractivity contribution in [3.63, 3.8) is 0 Å². The molecule has 0 saturated carbocycles. The maximum Gasteiger partial charge on any atom is 0.227 e. The number of aromatic nitrogens is 2. The first-order valence-electron chi connectivity index (χ1n) is 10.5. The SMILES string of the molecule is COc1ccc(NC(=O)C2CCN(c3ccc(-c4ccccc4OC)nn3)CC2)cc1Cl. The van der Waals surface area contributed by atoms with Crippen LogP contribution in [0, 0.1) is 5.92 Å². The van der Waals surface area contributed by atoms with Crippen LogP contribution >= 0.6 is 11.6 Å². The van der Waals surface area contributed by atoms with Gasteiger partial charge >= 0.3 is 0 Å². The second-order valence-electron chi connectivity index (χ2n) is 7.58. The van der Waals surface area contributed by atoms with Gasteiger partial charge in [-0.15, -0.1) is 10.2 Å². The average Bonchev–Trinajstić information content (AvgIpc) is 2.84. The van der Waals surface area contributed by atoms with E-state index in [4.69, 9.17) is 21.1 Å². The molecule has 1 fully saturated rings. The van der Waals surface area contributed by atoms with Crippen LogP contribution in [-0.4, -0.2) is 43.4 Å². The van der Waals surface area contributed by atoms with Crippen LogP contribution in [-0.2, 0) is 4.79 Å². The van der Waals surface area contributed by atoms with Crippen LogP contribution in [0.1, 0.15) is 12.8 Å². The molecule has 0 spiro atoms. The van der Waals surface area contributed by atoms with Crippen molar-refractivity contribution in [1.29, 1.82) is 0 Å². The molecular formula is C24H25ClN4O3. The molecule has 4 rings (SSSR count). The molecule has 1 aromatic heterocycles. The third-order valence-corrected chi connectivity index (χ3v) is 5.94. The number of ether oxygens (including phenoxy) is 2. The molecule has 7 nitrogen and oxygen atoms in total. The number of methoxy groups -OCH3 is 2. The number of para-hydroxylation sites is 1. The van der Waals surface area contributed by atoms with Crippen LogP contribution in [0.15, 0.2) is 54.6 Å². The zero-order valence-electron chi connectivity index (χ0n) is 18.0. The van der Waals surface area contributed by atoms with Gasteiger partial charge in [0.25, 0.3) is 0 Å². The monoisotopic (exact) mass is 452 g/mol. The molecule has 166 valence electrons. The molecule has 0 radical (unpaired) electrons. The minimum atomic E-state index is -0.0621. The summed E-state index contributed by atoms with van der Waals surface area (Å²) in [6, 6.07) is 16.9. The minimum absolute atomic E-state index is 0.00323. The van der Waals surface area contributed by atoms with Gasteiger partial charge in [-0.05, 0) is 55.3 Å². The predicted octanol–water partition coefficient (Wildman–Crippen LogP) is 4.67. The highest BCUT2D eigenvalue weighted by atomic mass is 35.5. The fraction of sp³-hybridized carbons (Fsp3) is 0.292. The highest BCUT2D eigenvalue weighted by molar-refractivity contribution is 6.32. The van der Waals surface area contributed by atoms with Crippen molar-refractivity contribution >= 4 is 29.0 Å². The standard InChI is InChI=1S/C24H25ClN4O3/c1-31-21-6-4-3-5-18(21)20-8-10-23(28-27-20)29-13-11-16(12-14-29)24(30)26-17-7-9-22(32-2)19(25)15-17/h3-10,15-16H,11-14H2,1-2H3,(H,26,30). The summed E-state index contributed by atoms with van der Waals surface area (Å²) in [5.41, 5.74) is 2.34. The third kappa shape index (κ3) is 4.78. The second-order valence-corrected chi connectivity index (χ2v) is 7.98. The number of hydrogen-bond donors (Lipinski definition) is 1. The zero-order chi connectivity index (χ0) is 22.5. The normalized spacial score (nSPS) is 14.2. The molecule has 0 aliphatic carbocycles. The molecule has 8 heteroatoms. The largest absolute Gasteiger partial charge is 0.496 e. The molecular weight excluding hydrogens is 428 g/mol. The lowest BCUT2D eigenvalue weighted by atomic mass is 9.95. The Morgan fingerprint density at radius 3 is 2.41 bits per heavy atom. The topological polar surface area (TPSA) is 76.6 Å². The van der Waals surface area contributed by atoms with Crippen molar-refractivity contribution < 1.29 is 14.3 Å². The second kappa shape index (κ2) is 9.87. The van der Waals surface area contributed by atoms with Gasteiger partial charge in [-0.2, -0.15) is 0 Å². The molecule has 0 bridgehead atoms. The maximum absolute atomic E-state index is 12.7. The van der Waals surface area contributed by atoms with Gasteiger partial charge in [-0.25, -0.2) is 0 Å². The van der Waals surface area contributed by atoms with E-state index in [1.165, 1.54) is 0 Å². The molecule has 0 atom stereocenters. The molecule has 1 aliphatic rings. The number of nitrogens with zero attached hydrogens (tertiary/aromatic N) is 3. The molecule has 1 N–H and O–H groups in total. The van der Waals surface area contributed by atoms with E-state index in [2.05, 4.69) is 20.4 Å². The Kier molecular flexibility index (Phi) is 6.75. The number of halogens is 1. The Morgan fingerprint density at radius 2 is 1.75 bits per heavy atom. The molecule has 0 unspecified atom stereocenters. The Bertz CT molecular complexity index is 1080. The predicted molar refractivity (Wildman–Crippen MR) is 126 cm³/mol. The van der Waals surface area contributed by atoms with Crippen LogP contribution in [0.5, 0.6) is 11.5 Å². The first-order valence-corrected chi connectivity index (χ1v) is 10.8. The van der Waals surface area contributed by atoms with Crippen molar-refractivity contribution in [1.82, 2.24) is 10.2 Å². The number of carbonyl (C=O) groups excluding carboxylic acids is 1. The summed E-state index contributed by atoms with van der Waals surface area (Å²) >= 11 is 6.15. The summed E-state index contributed by atoms with van der Waals surface area (Å²) in [7, 11) is 3.20. The van der Waals surface area contributed by atoms with E-state index in [-0.39, 0.29) is 11.8 Å². The Hall–Kier alpha value is -3.32. The van der Waals surface area contributed by atoms with E-state index < -0.39 is 0 Å². The third-order valence-electron chi connectivity index (χ3n) is 5.64. The van der Waals surface area contributed by atoms with Crippen LogP contribution in [0.3, 0.4) is 0 Å². The molecule has 3 aromatic rings. The van der Waals surface area contributed by atoms with Gasteiger partial charge < -0.3 is 19.7 Å². The maximum atomic E-state index is 12.7. The lowest BCUT2D eigenvalue weighted by Crippen LogP contribution is -2.38. The fourth-order valence-electron chi connectivity index (χ4n) is 3.85.